The molecule has 2 heterocycles. The normalized spacial score (nSPS) is 15.6. The van der Waals surface area contributed by atoms with Gasteiger partial charge in [0.05, 0.1) is 27.1 Å². The molecule has 6 heteroatoms. The Bertz CT molecular complexity index is 825. The molecule has 3 N–H and O–H groups in total. The minimum atomic E-state index is 0.303. The maximum absolute atomic E-state index is 8.92. The zero-order chi connectivity index (χ0) is 17.6. The highest BCUT2D eigenvalue weighted by Crippen LogP contribution is 2.30. The lowest BCUT2D eigenvalue weighted by Gasteiger charge is -2.24. The number of nitrogens with zero attached hydrogens (tertiary/aromatic N) is 2. The Morgan fingerprint density at radius 3 is 2.88 bits per heavy atom. The maximum atomic E-state index is 8.92. The molecule has 2 aromatic rings. The number of allylic oxidation sites excluding steroid dienone is 1. The molecule has 0 saturated heterocycles. The average molecular weight is 398 g/mol. The standard InChI is InChI=1S/C19H20BrN5/c20-16-12-23-19(9-18(16)24-14-4-2-1-3-5-14)17-7-6-15(25-17)8-13(10-21)11-22/h6-10,12,14,21,25H,1-5H2,(H,23,24)/b13-8+,21-10?. The van der Waals surface area contributed by atoms with Crippen molar-refractivity contribution >= 4 is 33.9 Å². The molecule has 0 unspecified atom stereocenters. The summed E-state index contributed by atoms with van der Waals surface area (Å²) in [6, 6.07) is 8.36. The van der Waals surface area contributed by atoms with E-state index in [0.29, 0.717) is 11.6 Å². The molecule has 0 spiro atoms. The minimum absolute atomic E-state index is 0.303. The largest absolute Gasteiger partial charge is 0.381 e. The molecule has 0 bridgehead atoms. The van der Waals surface area contributed by atoms with Gasteiger partial charge in [-0.15, -0.1) is 0 Å². The van der Waals surface area contributed by atoms with Gasteiger partial charge in [-0.1, -0.05) is 19.3 Å². The Hall–Kier alpha value is -2.39. The van der Waals surface area contributed by atoms with E-state index in [1.165, 1.54) is 32.1 Å². The number of anilines is 1. The minimum Gasteiger partial charge on any atom is -0.381 e. The Balaban J connectivity index is 1.82. The second-order valence-corrected chi connectivity index (χ2v) is 7.07. The molecule has 0 radical (unpaired) electrons. The third-order valence-corrected chi connectivity index (χ3v) is 5.03. The van der Waals surface area contributed by atoms with Crippen LogP contribution in [-0.4, -0.2) is 22.2 Å². The monoisotopic (exact) mass is 397 g/mol. The predicted octanol–water partition coefficient (Wildman–Crippen LogP) is 5.14. The van der Waals surface area contributed by atoms with Gasteiger partial charge in [-0.3, -0.25) is 4.98 Å². The van der Waals surface area contributed by atoms with E-state index in [0.717, 1.165) is 33.5 Å². The molecule has 1 aliphatic carbocycles. The van der Waals surface area contributed by atoms with Crippen molar-refractivity contribution in [2.24, 2.45) is 0 Å². The Labute approximate surface area is 155 Å². The maximum Gasteiger partial charge on any atom is 0.101 e. The van der Waals surface area contributed by atoms with Gasteiger partial charge in [0.25, 0.3) is 0 Å². The van der Waals surface area contributed by atoms with Gasteiger partial charge in [0.15, 0.2) is 0 Å². The number of H-pyrrole nitrogens is 1. The van der Waals surface area contributed by atoms with Gasteiger partial charge in [-0.25, -0.2) is 0 Å². The van der Waals surface area contributed by atoms with E-state index < -0.39 is 0 Å². The number of nitrogens with one attached hydrogen (secondary N) is 3. The van der Waals surface area contributed by atoms with Crippen LogP contribution in [-0.2, 0) is 0 Å². The summed E-state index contributed by atoms with van der Waals surface area (Å²) >= 11 is 3.58. The summed E-state index contributed by atoms with van der Waals surface area (Å²) in [5, 5.41) is 19.8. The van der Waals surface area contributed by atoms with Gasteiger partial charge in [0.1, 0.15) is 6.07 Å². The highest BCUT2D eigenvalue weighted by Gasteiger charge is 2.15. The smallest absolute Gasteiger partial charge is 0.101 e. The van der Waals surface area contributed by atoms with Crippen molar-refractivity contribution in [2.45, 2.75) is 38.1 Å². The topological polar surface area (TPSA) is 88.3 Å². The average Bonchev–Trinajstić information content (AvgIpc) is 3.11. The highest BCUT2D eigenvalue weighted by molar-refractivity contribution is 9.10. The van der Waals surface area contributed by atoms with Crippen molar-refractivity contribution in [3.05, 3.63) is 40.1 Å². The van der Waals surface area contributed by atoms with Crippen molar-refractivity contribution in [3.8, 4) is 17.5 Å². The van der Waals surface area contributed by atoms with Crippen molar-refractivity contribution in [1.29, 1.82) is 10.7 Å². The van der Waals surface area contributed by atoms with Crippen LogP contribution in [0.1, 0.15) is 37.8 Å². The van der Waals surface area contributed by atoms with Crippen molar-refractivity contribution in [3.63, 3.8) is 0 Å². The van der Waals surface area contributed by atoms with Crippen LogP contribution in [0.15, 0.2) is 34.4 Å². The van der Waals surface area contributed by atoms with Gasteiger partial charge in [0, 0.05) is 24.1 Å². The first kappa shape index (κ1) is 17.4. The molecule has 0 atom stereocenters. The molecular formula is C19H20BrN5. The molecule has 1 saturated carbocycles. The fourth-order valence-corrected chi connectivity index (χ4v) is 3.41. The first-order valence-corrected chi connectivity index (χ1v) is 9.22. The molecule has 1 aliphatic rings. The number of aromatic amines is 1. The van der Waals surface area contributed by atoms with Gasteiger partial charge < -0.3 is 15.7 Å². The SMILES string of the molecule is N#C/C(C=N)=C/c1ccc(-c2cc(NC3CCCCC3)c(Br)cn2)[nH]1. The Morgan fingerprint density at radius 2 is 2.16 bits per heavy atom. The number of nitriles is 1. The van der Waals surface area contributed by atoms with E-state index >= 15 is 0 Å². The predicted molar refractivity (Wildman–Crippen MR) is 105 cm³/mol. The zero-order valence-corrected chi connectivity index (χ0v) is 15.4. The van der Waals surface area contributed by atoms with Crippen LogP contribution in [0.25, 0.3) is 17.5 Å². The lowest BCUT2D eigenvalue weighted by Crippen LogP contribution is -2.22. The molecule has 3 rings (SSSR count). The third-order valence-electron chi connectivity index (χ3n) is 4.40. The summed E-state index contributed by atoms with van der Waals surface area (Å²) in [6.45, 7) is 0. The van der Waals surface area contributed by atoms with Gasteiger partial charge in [-0.2, -0.15) is 5.26 Å². The summed E-state index contributed by atoms with van der Waals surface area (Å²) < 4.78 is 0.962. The first-order valence-electron chi connectivity index (χ1n) is 8.43. The molecule has 25 heavy (non-hydrogen) atoms. The quantitative estimate of drug-likeness (QED) is 0.481. The number of hydrogen-bond acceptors (Lipinski definition) is 4. The molecule has 128 valence electrons. The summed E-state index contributed by atoms with van der Waals surface area (Å²) in [4.78, 5) is 7.73. The second kappa shape index (κ2) is 8.13. The molecule has 0 aliphatic heterocycles. The van der Waals surface area contributed by atoms with E-state index in [2.05, 4.69) is 31.2 Å². The van der Waals surface area contributed by atoms with E-state index in [1.807, 2.05) is 30.5 Å². The second-order valence-electron chi connectivity index (χ2n) is 6.21. The van der Waals surface area contributed by atoms with Crippen LogP contribution in [0.4, 0.5) is 5.69 Å². The number of rotatable bonds is 5. The number of halogens is 1. The summed E-state index contributed by atoms with van der Waals surface area (Å²) in [7, 11) is 0. The molecule has 2 aromatic heterocycles. The summed E-state index contributed by atoms with van der Waals surface area (Å²) in [5.74, 6) is 0. The van der Waals surface area contributed by atoms with E-state index in [1.54, 1.807) is 6.08 Å². The van der Waals surface area contributed by atoms with Crippen molar-refractivity contribution in [2.75, 3.05) is 5.32 Å². The third kappa shape index (κ3) is 4.37. The summed E-state index contributed by atoms with van der Waals surface area (Å²) in [6.07, 6.45) is 10.8. The van der Waals surface area contributed by atoms with Gasteiger partial charge in [-0.05, 0) is 53.0 Å². The first-order chi connectivity index (χ1) is 12.2. The molecule has 0 amide bonds. The Morgan fingerprint density at radius 1 is 1.36 bits per heavy atom. The van der Waals surface area contributed by atoms with Crippen LogP contribution >= 0.6 is 15.9 Å². The fraction of sp³-hybridized carbons (Fsp3) is 0.316. The van der Waals surface area contributed by atoms with Crippen LogP contribution in [0.5, 0.6) is 0 Å². The van der Waals surface area contributed by atoms with Crippen LogP contribution in [0.3, 0.4) is 0 Å². The van der Waals surface area contributed by atoms with E-state index in [-0.39, 0.29) is 0 Å². The van der Waals surface area contributed by atoms with Crippen molar-refractivity contribution < 1.29 is 0 Å². The van der Waals surface area contributed by atoms with Crippen molar-refractivity contribution in [1.82, 2.24) is 9.97 Å². The number of aromatic nitrogens is 2. The van der Waals surface area contributed by atoms with Crippen LogP contribution in [0, 0.1) is 16.7 Å². The zero-order valence-electron chi connectivity index (χ0n) is 13.8. The molecule has 5 nitrogen and oxygen atoms in total. The molecule has 0 aromatic carbocycles. The lowest BCUT2D eigenvalue weighted by atomic mass is 9.95. The van der Waals surface area contributed by atoms with Crippen LogP contribution < -0.4 is 5.32 Å². The number of pyridine rings is 1. The summed E-state index contributed by atoms with van der Waals surface area (Å²) in [5.41, 5.74) is 3.86. The number of hydrogen-bond donors (Lipinski definition) is 3. The Kier molecular flexibility index (Phi) is 5.67. The van der Waals surface area contributed by atoms with Gasteiger partial charge >= 0.3 is 0 Å². The van der Waals surface area contributed by atoms with Crippen LogP contribution in [0.2, 0.25) is 0 Å². The highest BCUT2D eigenvalue weighted by atomic mass is 79.9. The van der Waals surface area contributed by atoms with Gasteiger partial charge in [0.2, 0.25) is 0 Å². The molecule has 1 fully saturated rings. The van der Waals surface area contributed by atoms with E-state index in [4.69, 9.17) is 10.7 Å². The molecular weight excluding hydrogens is 378 g/mol. The van der Waals surface area contributed by atoms with E-state index in [9.17, 15) is 0 Å². The lowest BCUT2D eigenvalue weighted by molar-refractivity contribution is 0.462. The fourth-order valence-electron chi connectivity index (χ4n) is 3.08.